The Balaban J connectivity index is 1.97. The topological polar surface area (TPSA) is 41.6 Å². The van der Waals surface area contributed by atoms with Crippen molar-refractivity contribution in [1.29, 1.82) is 0 Å². The third-order valence-electron chi connectivity index (χ3n) is 2.43. The van der Waals surface area contributed by atoms with Crippen LogP contribution in [-0.4, -0.2) is 32.4 Å². The standard InChI is InChI=1S/C11H12BNO2/c12-11(14)13-9(10-7-15-10)6-8-4-2-1-3-5-8/h1-5,9-10H,6-7H2,(H,13,14)/t9?,10-/m1/s1. The first-order valence-corrected chi connectivity index (χ1v) is 4.97. The van der Waals surface area contributed by atoms with E-state index in [0.29, 0.717) is 6.61 Å². The van der Waals surface area contributed by atoms with Crippen molar-refractivity contribution in [2.75, 3.05) is 6.61 Å². The largest absolute Gasteiger partial charge is 0.371 e. The molecule has 1 aromatic rings. The fourth-order valence-corrected chi connectivity index (χ4v) is 1.61. The Labute approximate surface area is 90.2 Å². The Morgan fingerprint density at radius 3 is 2.73 bits per heavy atom. The van der Waals surface area contributed by atoms with Crippen LogP contribution in [0.25, 0.3) is 0 Å². The van der Waals surface area contributed by atoms with Crippen molar-refractivity contribution >= 4 is 13.7 Å². The summed E-state index contributed by atoms with van der Waals surface area (Å²) in [4.78, 5) is 10.8. The number of carbonyl (C=O) groups is 1. The minimum absolute atomic E-state index is 0.00935. The number of hydrogen-bond donors (Lipinski definition) is 1. The van der Waals surface area contributed by atoms with Crippen LogP contribution in [0.4, 0.5) is 4.79 Å². The highest BCUT2D eigenvalue weighted by molar-refractivity contribution is 6.57. The van der Waals surface area contributed by atoms with E-state index in [2.05, 4.69) is 5.32 Å². The molecule has 2 radical (unpaired) electrons. The van der Waals surface area contributed by atoms with Gasteiger partial charge in [0.05, 0.1) is 12.6 Å². The van der Waals surface area contributed by atoms with Crippen LogP contribution in [0, 0.1) is 0 Å². The predicted molar refractivity (Wildman–Crippen MR) is 58.0 cm³/mol. The van der Waals surface area contributed by atoms with Crippen molar-refractivity contribution in [2.45, 2.75) is 18.6 Å². The molecule has 1 aliphatic heterocycles. The Kier molecular flexibility index (Phi) is 3.06. The summed E-state index contributed by atoms with van der Waals surface area (Å²) < 4.78 is 5.17. The van der Waals surface area contributed by atoms with E-state index in [9.17, 15) is 4.79 Å². The van der Waals surface area contributed by atoms with Crippen LogP contribution in [0.15, 0.2) is 30.3 Å². The minimum atomic E-state index is -0.494. The van der Waals surface area contributed by atoms with Gasteiger partial charge in [0.1, 0.15) is 6.10 Å². The fraction of sp³-hybridized carbons (Fsp3) is 0.364. The molecule has 1 heterocycles. The molecule has 0 aromatic heterocycles. The predicted octanol–water partition coefficient (Wildman–Crippen LogP) is 0.875. The van der Waals surface area contributed by atoms with Crippen LogP contribution in [0.2, 0.25) is 0 Å². The Hall–Kier alpha value is -1.29. The number of benzene rings is 1. The molecule has 2 rings (SSSR count). The third kappa shape index (κ3) is 3.10. The van der Waals surface area contributed by atoms with Gasteiger partial charge in [0, 0.05) is 0 Å². The zero-order valence-corrected chi connectivity index (χ0v) is 8.35. The lowest BCUT2D eigenvalue weighted by atomic mass is 10.0. The molecule has 0 bridgehead atoms. The number of carbonyl (C=O) groups excluding carboxylic acids is 1. The fourth-order valence-electron chi connectivity index (χ4n) is 1.61. The lowest BCUT2D eigenvalue weighted by molar-refractivity contribution is 0.251. The third-order valence-corrected chi connectivity index (χ3v) is 2.43. The van der Waals surface area contributed by atoms with E-state index in [1.807, 2.05) is 30.3 Å². The number of amides is 1. The minimum Gasteiger partial charge on any atom is -0.371 e. The number of epoxide rings is 1. The highest BCUT2D eigenvalue weighted by Crippen LogP contribution is 2.17. The monoisotopic (exact) mass is 201 g/mol. The van der Waals surface area contributed by atoms with Gasteiger partial charge < -0.3 is 10.1 Å². The molecule has 0 saturated carbocycles. The van der Waals surface area contributed by atoms with Gasteiger partial charge in [0.15, 0.2) is 5.81 Å². The molecular weight excluding hydrogens is 189 g/mol. The molecule has 1 unspecified atom stereocenters. The molecule has 0 aliphatic carbocycles. The molecule has 15 heavy (non-hydrogen) atoms. The number of rotatable bonds is 4. The Morgan fingerprint density at radius 1 is 1.53 bits per heavy atom. The van der Waals surface area contributed by atoms with Gasteiger partial charge in [-0.3, -0.25) is 4.79 Å². The van der Waals surface area contributed by atoms with Gasteiger partial charge >= 0.3 is 0 Å². The molecule has 2 atom stereocenters. The van der Waals surface area contributed by atoms with E-state index in [4.69, 9.17) is 12.6 Å². The first kappa shape index (κ1) is 10.2. The Bertz CT molecular complexity index is 338. The zero-order chi connectivity index (χ0) is 10.7. The molecule has 3 nitrogen and oxygen atoms in total. The van der Waals surface area contributed by atoms with Crippen molar-refractivity contribution in [3.05, 3.63) is 35.9 Å². The maximum absolute atomic E-state index is 10.8. The van der Waals surface area contributed by atoms with Gasteiger partial charge in [-0.1, -0.05) is 30.3 Å². The number of hydrogen-bond acceptors (Lipinski definition) is 2. The van der Waals surface area contributed by atoms with Crippen molar-refractivity contribution in [3.63, 3.8) is 0 Å². The summed E-state index contributed by atoms with van der Waals surface area (Å²) in [5, 5.41) is 2.70. The lowest BCUT2D eigenvalue weighted by Gasteiger charge is -2.15. The highest BCUT2D eigenvalue weighted by Gasteiger charge is 2.33. The number of nitrogens with one attached hydrogen (secondary N) is 1. The highest BCUT2D eigenvalue weighted by atomic mass is 16.6. The van der Waals surface area contributed by atoms with Crippen LogP contribution in [0.1, 0.15) is 5.56 Å². The molecule has 1 N–H and O–H groups in total. The van der Waals surface area contributed by atoms with Crippen LogP contribution < -0.4 is 5.32 Å². The van der Waals surface area contributed by atoms with E-state index in [1.54, 1.807) is 0 Å². The SMILES string of the molecule is [B]C(=O)NC(Cc1ccccc1)[C@H]1CO1. The van der Waals surface area contributed by atoms with Crippen molar-refractivity contribution in [1.82, 2.24) is 5.32 Å². The smallest absolute Gasteiger partial charge is 0.200 e. The quantitative estimate of drug-likeness (QED) is 0.580. The summed E-state index contributed by atoms with van der Waals surface area (Å²) >= 11 is 0. The van der Waals surface area contributed by atoms with Crippen LogP contribution in [-0.2, 0) is 11.2 Å². The molecule has 1 fully saturated rings. The maximum Gasteiger partial charge on any atom is 0.200 e. The number of ether oxygens (including phenoxy) is 1. The van der Waals surface area contributed by atoms with Crippen molar-refractivity contribution in [2.24, 2.45) is 0 Å². The summed E-state index contributed by atoms with van der Waals surface area (Å²) in [6.07, 6.45) is 0.881. The first-order chi connectivity index (χ1) is 7.25. The van der Waals surface area contributed by atoms with Gasteiger partial charge in [-0.25, -0.2) is 0 Å². The van der Waals surface area contributed by atoms with Crippen molar-refractivity contribution in [3.8, 4) is 0 Å². The molecule has 1 amide bonds. The van der Waals surface area contributed by atoms with E-state index < -0.39 is 5.81 Å². The average Bonchev–Trinajstić information content (AvgIpc) is 3.01. The normalized spacial score (nSPS) is 20.7. The maximum atomic E-state index is 10.8. The summed E-state index contributed by atoms with van der Waals surface area (Å²) in [6.45, 7) is 0.706. The second-order valence-electron chi connectivity index (χ2n) is 3.68. The molecule has 4 heteroatoms. The van der Waals surface area contributed by atoms with E-state index >= 15 is 0 Å². The van der Waals surface area contributed by atoms with Crippen molar-refractivity contribution < 1.29 is 9.53 Å². The second-order valence-corrected chi connectivity index (χ2v) is 3.68. The molecule has 0 spiro atoms. The summed E-state index contributed by atoms with van der Waals surface area (Å²) in [7, 11) is 5.11. The summed E-state index contributed by atoms with van der Waals surface area (Å²) in [5.74, 6) is -0.494. The summed E-state index contributed by atoms with van der Waals surface area (Å²) in [6, 6.07) is 9.96. The van der Waals surface area contributed by atoms with Crippen LogP contribution in [0.5, 0.6) is 0 Å². The van der Waals surface area contributed by atoms with Gasteiger partial charge in [0.25, 0.3) is 0 Å². The van der Waals surface area contributed by atoms with Crippen LogP contribution in [0.3, 0.4) is 0 Å². The molecular formula is C11H12BNO2. The van der Waals surface area contributed by atoms with E-state index in [1.165, 1.54) is 5.56 Å². The zero-order valence-electron chi connectivity index (χ0n) is 8.35. The molecule has 1 aromatic carbocycles. The van der Waals surface area contributed by atoms with Gasteiger partial charge in [0.2, 0.25) is 7.85 Å². The van der Waals surface area contributed by atoms with Gasteiger partial charge in [-0.15, -0.1) is 0 Å². The van der Waals surface area contributed by atoms with E-state index in [0.717, 1.165) is 6.42 Å². The molecule has 76 valence electrons. The van der Waals surface area contributed by atoms with Gasteiger partial charge in [-0.05, 0) is 12.0 Å². The van der Waals surface area contributed by atoms with Gasteiger partial charge in [-0.2, -0.15) is 0 Å². The first-order valence-electron chi connectivity index (χ1n) is 4.97. The average molecular weight is 201 g/mol. The van der Waals surface area contributed by atoms with Crippen LogP contribution >= 0.6 is 0 Å². The lowest BCUT2D eigenvalue weighted by Crippen LogP contribution is -2.39. The Morgan fingerprint density at radius 2 is 2.20 bits per heavy atom. The summed E-state index contributed by atoms with van der Waals surface area (Å²) in [5.41, 5.74) is 1.17. The molecule has 1 saturated heterocycles. The van der Waals surface area contributed by atoms with E-state index in [-0.39, 0.29) is 12.1 Å². The molecule has 1 aliphatic rings. The second kappa shape index (κ2) is 4.49.